The first-order valence-corrected chi connectivity index (χ1v) is 13.1. The van der Waals surface area contributed by atoms with E-state index in [-0.39, 0.29) is 35.5 Å². The zero-order valence-electron chi connectivity index (χ0n) is 19.7. The predicted molar refractivity (Wildman–Crippen MR) is 129 cm³/mol. The molecule has 1 amide bonds. The molecule has 2 aliphatic rings. The van der Waals surface area contributed by atoms with Gasteiger partial charge in [0, 0.05) is 63.9 Å². The van der Waals surface area contributed by atoms with Crippen LogP contribution in [0.5, 0.6) is 5.75 Å². The molecule has 0 radical (unpaired) electrons. The Morgan fingerprint density at radius 2 is 1.69 bits per heavy atom. The Balaban J connectivity index is 1.27. The van der Waals surface area contributed by atoms with Gasteiger partial charge in [-0.25, -0.2) is 8.42 Å². The van der Waals surface area contributed by atoms with Crippen molar-refractivity contribution in [2.24, 2.45) is 5.92 Å². The fourth-order valence-corrected chi connectivity index (χ4v) is 6.12. The highest BCUT2D eigenvalue weighted by Gasteiger charge is 2.34. The molecule has 4 rings (SSSR count). The summed E-state index contributed by atoms with van der Waals surface area (Å²) in [6, 6.07) is 12.9. The summed E-state index contributed by atoms with van der Waals surface area (Å²) in [4.78, 5) is 27.6. The molecule has 0 atom stereocenters. The second kappa shape index (κ2) is 10.7. The topological polar surface area (TPSA) is 113 Å². The highest BCUT2D eigenvalue weighted by molar-refractivity contribution is 7.89. The van der Waals surface area contributed by atoms with Gasteiger partial charge >= 0.3 is 0 Å². The predicted octanol–water partition coefficient (Wildman–Crippen LogP) is 2.35. The number of methoxy groups -OCH3 is 1. The smallest absolute Gasteiger partial charge is 0.269 e. The largest absolute Gasteiger partial charge is 0.497 e. The molecular formula is C24H30N4O6S. The molecule has 2 aromatic rings. The van der Waals surface area contributed by atoms with Crippen LogP contribution in [0.2, 0.25) is 0 Å². The molecule has 35 heavy (non-hydrogen) atoms. The number of nitro benzene ring substituents is 1. The summed E-state index contributed by atoms with van der Waals surface area (Å²) in [6.07, 6.45) is 0.935. The molecule has 0 bridgehead atoms. The summed E-state index contributed by atoms with van der Waals surface area (Å²) in [5.74, 6) is 0.736. The molecule has 2 heterocycles. The lowest BCUT2D eigenvalue weighted by Gasteiger charge is -2.38. The third kappa shape index (κ3) is 5.80. The molecule has 0 spiro atoms. The number of rotatable bonds is 7. The van der Waals surface area contributed by atoms with Gasteiger partial charge in [0.05, 0.1) is 16.9 Å². The van der Waals surface area contributed by atoms with Gasteiger partial charge in [-0.15, -0.1) is 0 Å². The molecule has 11 heteroatoms. The van der Waals surface area contributed by atoms with Crippen molar-refractivity contribution in [1.29, 1.82) is 0 Å². The van der Waals surface area contributed by atoms with Gasteiger partial charge in [0.1, 0.15) is 5.75 Å². The Morgan fingerprint density at radius 1 is 1.03 bits per heavy atom. The zero-order chi connectivity index (χ0) is 25.0. The third-order valence-corrected chi connectivity index (χ3v) is 8.63. The van der Waals surface area contributed by atoms with Gasteiger partial charge in [-0.1, -0.05) is 12.1 Å². The SMILES string of the molecule is COc1cccc(CN2CCN(C(=O)C3CCN(S(=O)(=O)c4ccc([N+](=O)[O-])cc4)CC3)CC2)c1. The highest BCUT2D eigenvalue weighted by atomic mass is 32.2. The van der Waals surface area contributed by atoms with Crippen LogP contribution < -0.4 is 4.74 Å². The molecule has 2 fully saturated rings. The summed E-state index contributed by atoms with van der Waals surface area (Å²) < 4.78 is 32.5. The van der Waals surface area contributed by atoms with Crippen LogP contribution in [0.3, 0.4) is 0 Å². The summed E-state index contributed by atoms with van der Waals surface area (Å²) in [5, 5.41) is 10.8. The minimum Gasteiger partial charge on any atom is -0.497 e. The maximum absolute atomic E-state index is 13.1. The van der Waals surface area contributed by atoms with Crippen molar-refractivity contribution >= 4 is 21.6 Å². The standard InChI is InChI=1S/C24H30N4O6S/c1-34-22-4-2-3-19(17-22)18-25-13-15-26(16-14-25)24(29)20-9-11-27(12-10-20)35(32,33)23-7-5-21(6-8-23)28(30)31/h2-8,17,20H,9-16,18H2,1H3. The van der Waals surface area contributed by atoms with Crippen LogP contribution in [0.25, 0.3) is 0 Å². The monoisotopic (exact) mass is 502 g/mol. The molecule has 2 saturated heterocycles. The highest BCUT2D eigenvalue weighted by Crippen LogP contribution is 2.27. The van der Waals surface area contributed by atoms with Gasteiger partial charge in [0.2, 0.25) is 15.9 Å². The number of carbonyl (C=O) groups excluding carboxylic acids is 1. The van der Waals surface area contributed by atoms with Gasteiger partial charge in [-0.3, -0.25) is 19.8 Å². The molecule has 188 valence electrons. The van der Waals surface area contributed by atoms with Crippen molar-refractivity contribution < 1.29 is 22.9 Å². The number of hydrogen-bond donors (Lipinski definition) is 0. The molecule has 0 saturated carbocycles. The quantitative estimate of drug-likeness (QED) is 0.422. The first-order valence-electron chi connectivity index (χ1n) is 11.7. The van der Waals surface area contributed by atoms with E-state index in [1.165, 1.54) is 34.1 Å². The average molecular weight is 503 g/mol. The van der Waals surface area contributed by atoms with Gasteiger partial charge < -0.3 is 9.64 Å². The summed E-state index contributed by atoms with van der Waals surface area (Å²) in [6.45, 7) is 4.20. The van der Waals surface area contributed by atoms with Crippen LogP contribution in [-0.4, -0.2) is 79.7 Å². The lowest BCUT2D eigenvalue weighted by Crippen LogP contribution is -2.51. The minimum atomic E-state index is -3.75. The van der Waals surface area contributed by atoms with Crippen LogP contribution in [0.4, 0.5) is 5.69 Å². The molecule has 2 aliphatic heterocycles. The second-order valence-electron chi connectivity index (χ2n) is 8.88. The normalized spacial score (nSPS) is 18.4. The van der Waals surface area contributed by atoms with Crippen molar-refractivity contribution in [3.63, 3.8) is 0 Å². The van der Waals surface area contributed by atoms with E-state index >= 15 is 0 Å². The Morgan fingerprint density at radius 3 is 2.29 bits per heavy atom. The Bertz CT molecular complexity index is 1150. The molecule has 0 N–H and O–H groups in total. The number of hydrogen-bond acceptors (Lipinski definition) is 7. The maximum atomic E-state index is 13.1. The van der Waals surface area contributed by atoms with E-state index in [0.29, 0.717) is 25.9 Å². The van der Waals surface area contributed by atoms with E-state index in [0.717, 1.165) is 25.4 Å². The molecule has 10 nitrogen and oxygen atoms in total. The minimum absolute atomic E-state index is 0.0278. The van der Waals surface area contributed by atoms with E-state index in [4.69, 9.17) is 4.74 Å². The number of carbonyl (C=O) groups is 1. The van der Waals surface area contributed by atoms with E-state index in [1.54, 1.807) is 7.11 Å². The second-order valence-corrected chi connectivity index (χ2v) is 10.8. The van der Waals surface area contributed by atoms with Gasteiger partial charge in [0.25, 0.3) is 5.69 Å². The number of nitro groups is 1. The Labute approximate surface area is 205 Å². The first-order chi connectivity index (χ1) is 16.8. The van der Waals surface area contributed by atoms with Crippen LogP contribution in [0, 0.1) is 16.0 Å². The number of ether oxygens (including phenoxy) is 1. The number of piperazine rings is 1. The van der Waals surface area contributed by atoms with Gasteiger partial charge in [0.15, 0.2) is 0 Å². The number of piperidine rings is 1. The van der Waals surface area contributed by atoms with Gasteiger partial charge in [-0.05, 0) is 42.7 Å². The number of benzene rings is 2. The maximum Gasteiger partial charge on any atom is 0.269 e. The number of sulfonamides is 1. The zero-order valence-corrected chi connectivity index (χ0v) is 20.5. The van der Waals surface area contributed by atoms with Crippen molar-refractivity contribution in [2.75, 3.05) is 46.4 Å². The third-order valence-electron chi connectivity index (χ3n) is 6.71. The molecule has 2 aromatic carbocycles. The van der Waals surface area contributed by atoms with Crippen molar-refractivity contribution in [3.8, 4) is 5.75 Å². The van der Waals surface area contributed by atoms with Crippen molar-refractivity contribution in [2.45, 2.75) is 24.3 Å². The fourth-order valence-electron chi connectivity index (χ4n) is 4.65. The molecule has 0 unspecified atom stereocenters. The van der Waals surface area contributed by atoms with Crippen LogP contribution >= 0.6 is 0 Å². The lowest BCUT2D eigenvalue weighted by molar-refractivity contribution is -0.384. The molecule has 0 aliphatic carbocycles. The number of non-ortho nitro benzene ring substituents is 1. The van der Waals surface area contributed by atoms with E-state index < -0.39 is 14.9 Å². The Kier molecular flexibility index (Phi) is 7.68. The average Bonchev–Trinajstić information content (AvgIpc) is 2.89. The fraction of sp³-hybridized carbons (Fsp3) is 0.458. The van der Waals surface area contributed by atoms with Crippen LogP contribution in [0.1, 0.15) is 18.4 Å². The molecule has 0 aromatic heterocycles. The first kappa shape index (κ1) is 25.1. The molecular weight excluding hydrogens is 472 g/mol. The van der Waals surface area contributed by atoms with Gasteiger partial charge in [-0.2, -0.15) is 4.31 Å². The Hall–Kier alpha value is -3.02. The summed E-state index contributed by atoms with van der Waals surface area (Å²) in [7, 11) is -2.10. The summed E-state index contributed by atoms with van der Waals surface area (Å²) >= 11 is 0. The van der Waals surface area contributed by atoms with Crippen LogP contribution in [-0.2, 0) is 21.4 Å². The lowest BCUT2D eigenvalue weighted by atomic mass is 9.96. The van der Waals surface area contributed by atoms with E-state index in [2.05, 4.69) is 11.0 Å². The van der Waals surface area contributed by atoms with Crippen LogP contribution in [0.15, 0.2) is 53.4 Å². The number of amides is 1. The van der Waals surface area contributed by atoms with E-state index in [9.17, 15) is 23.3 Å². The van der Waals surface area contributed by atoms with Crippen molar-refractivity contribution in [3.05, 3.63) is 64.2 Å². The summed E-state index contributed by atoms with van der Waals surface area (Å²) in [5.41, 5.74) is 1.02. The number of nitrogens with zero attached hydrogens (tertiary/aromatic N) is 4. The van der Waals surface area contributed by atoms with Crippen molar-refractivity contribution in [1.82, 2.24) is 14.1 Å². The van der Waals surface area contributed by atoms with E-state index in [1.807, 2.05) is 23.1 Å².